The summed E-state index contributed by atoms with van der Waals surface area (Å²) < 4.78 is 59.8. The number of carbonyl (C=O) groups is 1. The van der Waals surface area contributed by atoms with Crippen LogP contribution in [0, 0.1) is 5.82 Å². The smallest absolute Gasteiger partial charge is 0.454 e. The number of ether oxygens (including phenoxy) is 4. The van der Waals surface area contributed by atoms with Gasteiger partial charge in [-0.2, -0.15) is 0 Å². The van der Waals surface area contributed by atoms with Gasteiger partial charge in [-0.1, -0.05) is 12.1 Å². The minimum atomic E-state index is -3.75. The van der Waals surface area contributed by atoms with Crippen molar-refractivity contribution in [3.05, 3.63) is 77.6 Å². The summed E-state index contributed by atoms with van der Waals surface area (Å²) in [6.45, 7) is 0.260. The van der Waals surface area contributed by atoms with Crippen LogP contribution in [0.15, 0.2) is 60.7 Å². The van der Waals surface area contributed by atoms with Crippen LogP contribution < -0.4 is 29.7 Å². The minimum absolute atomic E-state index is 0.117. The molecule has 0 spiro atoms. The quantitative estimate of drug-likeness (QED) is 0.557. The Balaban J connectivity index is 1.27. The fourth-order valence-corrected chi connectivity index (χ4v) is 4.00. The molecule has 3 aromatic carbocycles. The van der Waals surface area contributed by atoms with Crippen LogP contribution in [0.25, 0.3) is 11.3 Å². The fraction of sp³-hybridized carbons (Fsp3) is 0.125. The van der Waals surface area contributed by atoms with E-state index < -0.39 is 12.3 Å². The molecule has 3 aliphatic rings. The molecule has 6 rings (SSSR count). The van der Waals surface area contributed by atoms with Crippen LogP contribution in [0.5, 0.6) is 23.0 Å². The zero-order chi connectivity index (χ0) is 24.2. The lowest BCUT2D eigenvalue weighted by molar-refractivity contribution is -0.286. The zero-order valence-corrected chi connectivity index (χ0v) is 17.8. The van der Waals surface area contributed by atoms with Gasteiger partial charge in [0, 0.05) is 22.9 Å². The Kier molecular flexibility index (Phi) is 4.66. The van der Waals surface area contributed by atoms with Gasteiger partial charge in [-0.15, -0.1) is 8.78 Å². The van der Waals surface area contributed by atoms with E-state index in [9.17, 15) is 18.0 Å². The van der Waals surface area contributed by atoms with Crippen LogP contribution >= 0.6 is 0 Å². The maximum Gasteiger partial charge on any atom is 0.586 e. The number of alkyl halides is 2. The zero-order valence-electron chi connectivity index (χ0n) is 17.8. The molecule has 0 fully saturated rings. The van der Waals surface area contributed by atoms with Gasteiger partial charge in [0.05, 0.1) is 12.2 Å². The summed E-state index contributed by atoms with van der Waals surface area (Å²) in [4.78, 5) is 13.0. The number of nitrogens with zero attached hydrogens (tertiary/aromatic N) is 1. The van der Waals surface area contributed by atoms with E-state index in [0.717, 1.165) is 11.1 Å². The second-order valence-electron chi connectivity index (χ2n) is 7.89. The van der Waals surface area contributed by atoms with E-state index in [2.05, 4.69) is 20.2 Å². The number of anilines is 1. The average Bonchev–Trinajstić information content (AvgIpc) is 3.54. The second kappa shape index (κ2) is 7.76. The molecule has 3 aliphatic heterocycles. The summed E-state index contributed by atoms with van der Waals surface area (Å²) >= 11 is 0. The van der Waals surface area contributed by atoms with Gasteiger partial charge in [-0.25, -0.2) is 14.2 Å². The lowest BCUT2D eigenvalue weighted by Crippen LogP contribution is -2.40. The molecule has 3 aromatic rings. The number of rotatable bonds is 3. The van der Waals surface area contributed by atoms with Crippen molar-refractivity contribution in [2.45, 2.75) is 6.29 Å². The molecule has 11 heteroatoms. The van der Waals surface area contributed by atoms with E-state index in [1.807, 2.05) is 6.07 Å². The van der Waals surface area contributed by atoms with Crippen LogP contribution in [0.2, 0.25) is 0 Å². The van der Waals surface area contributed by atoms with Gasteiger partial charge in [0.25, 0.3) is 0 Å². The van der Waals surface area contributed by atoms with Crippen LogP contribution in [0.4, 0.5) is 23.7 Å². The maximum atomic E-state index is 13.5. The van der Waals surface area contributed by atoms with Gasteiger partial charge in [-0.05, 0) is 48.0 Å². The van der Waals surface area contributed by atoms with Crippen LogP contribution in [-0.2, 0) is 0 Å². The molecule has 0 unspecified atom stereocenters. The van der Waals surface area contributed by atoms with E-state index in [-0.39, 0.29) is 36.3 Å². The number of hydrogen-bond acceptors (Lipinski definition) is 6. The summed E-state index contributed by atoms with van der Waals surface area (Å²) in [6.07, 6.45) is -3.75. The number of hydrogen-bond donors (Lipinski definition) is 2. The molecule has 2 N–H and O–H groups in total. The number of benzene rings is 3. The maximum absolute atomic E-state index is 13.5. The molecule has 178 valence electrons. The molecular formula is C24H16F3N3O5. The average molecular weight is 483 g/mol. The Morgan fingerprint density at radius 2 is 1.60 bits per heavy atom. The van der Waals surface area contributed by atoms with Crippen LogP contribution in [0.1, 0.15) is 11.1 Å². The topological polar surface area (TPSA) is 81.3 Å². The van der Waals surface area contributed by atoms with Crippen molar-refractivity contribution >= 4 is 23.0 Å². The summed E-state index contributed by atoms with van der Waals surface area (Å²) in [6, 6.07) is 14.7. The van der Waals surface area contributed by atoms with E-state index >= 15 is 0 Å². The van der Waals surface area contributed by atoms with Gasteiger partial charge < -0.3 is 24.3 Å². The van der Waals surface area contributed by atoms with Crippen molar-refractivity contribution in [2.75, 3.05) is 18.7 Å². The summed E-state index contributed by atoms with van der Waals surface area (Å²) in [7, 11) is 0. The molecule has 0 aromatic heterocycles. The Morgan fingerprint density at radius 1 is 0.886 bits per heavy atom. The van der Waals surface area contributed by atoms with Crippen molar-refractivity contribution in [2.24, 2.45) is 0 Å². The Hall–Kier alpha value is -4.54. The van der Waals surface area contributed by atoms with E-state index in [0.29, 0.717) is 22.8 Å². The Labute approximate surface area is 196 Å². The van der Waals surface area contributed by atoms with Gasteiger partial charge in [-0.3, -0.25) is 5.43 Å². The lowest BCUT2D eigenvalue weighted by Gasteiger charge is -2.19. The molecule has 0 atom stereocenters. The minimum Gasteiger partial charge on any atom is -0.454 e. The number of halogens is 3. The van der Waals surface area contributed by atoms with E-state index in [1.54, 1.807) is 24.3 Å². The third-order valence-electron chi connectivity index (χ3n) is 5.62. The highest BCUT2D eigenvalue weighted by atomic mass is 19.3. The first-order valence-corrected chi connectivity index (χ1v) is 10.5. The van der Waals surface area contributed by atoms with Gasteiger partial charge in [0.15, 0.2) is 23.0 Å². The number of nitrogens with one attached hydrogen (secondary N) is 2. The van der Waals surface area contributed by atoms with Crippen molar-refractivity contribution in [1.82, 2.24) is 10.4 Å². The Bertz CT molecular complexity index is 1380. The number of carbonyl (C=O) groups excluding carboxylic acids is 1. The molecule has 35 heavy (non-hydrogen) atoms. The number of hydrazine groups is 1. The second-order valence-corrected chi connectivity index (χ2v) is 7.89. The largest absolute Gasteiger partial charge is 0.586 e. The van der Waals surface area contributed by atoms with Gasteiger partial charge in [0.1, 0.15) is 5.82 Å². The summed E-state index contributed by atoms with van der Waals surface area (Å²) in [5, 5.41) is 3.97. The van der Waals surface area contributed by atoms with Crippen molar-refractivity contribution in [3.63, 3.8) is 0 Å². The molecule has 0 saturated carbocycles. The van der Waals surface area contributed by atoms with Crippen molar-refractivity contribution in [1.29, 1.82) is 0 Å². The predicted octanol–water partition coefficient (Wildman–Crippen LogP) is 4.80. The number of urea groups is 1. The predicted molar refractivity (Wildman–Crippen MR) is 117 cm³/mol. The first-order valence-electron chi connectivity index (χ1n) is 10.5. The van der Waals surface area contributed by atoms with Crippen LogP contribution in [-0.4, -0.2) is 30.7 Å². The molecule has 0 bridgehead atoms. The van der Waals surface area contributed by atoms with E-state index in [4.69, 9.17) is 9.47 Å². The van der Waals surface area contributed by atoms with Crippen molar-refractivity contribution < 1.29 is 36.9 Å². The molecular weight excluding hydrogens is 467 g/mol. The molecule has 0 saturated heterocycles. The van der Waals surface area contributed by atoms with Gasteiger partial charge >= 0.3 is 12.3 Å². The number of fused-ring (bicyclic) bond motifs is 2. The lowest BCUT2D eigenvalue weighted by atomic mass is 10.0. The van der Waals surface area contributed by atoms with E-state index in [1.165, 1.54) is 35.3 Å². The highest BCUT2D eigenvalue weighted by molar-refractivity contribution is 5.98. The monoisotopic (exact) mass is 483 g/mol. The van der Waals surface area contributed by atoms with Crippen molar-refractivity contribution in [3.8, 4) is 23.0 Å². The highest BCUT2D eigenvalue weighted by Crippen LogP contribution is 2.42. The van der Waals surface area contributed by atoms with Crippen LogP contribution in [0.3, 0.4) is 0 Å². The SMILES string of the molecule is O=C(Nc1ccc2c(c1)OC(F)(F)O2)N1CC(c2ccc(F)cc2)=C(c2ccc3c(c2)OCO3)N1. The normalized spacial score (nSPS) is 16.9. The molecule has 8 nitrogen and oxygen atoms in total. The summed E-state index contributed by atoms with van der Waals surface area (Å²) in [5.41, 5.74) is 6.12. The molecule has 3 heterocycles. The highest BCUT2D eigenvalue weighted by Gasteiger charge is 2.43. The standard InChI is InChI=1S/C24H16F3N3O5/c25-15-4-1-13(2-5-15)17-11-30(29-22(17)14-3-7-18-20(9-14)33-12-32-18)23(31)28-16-6-8-19-21(10-16)35-24(26,27)34-19/h1-10,29H,11-12H2,(H,28,31). The third kappa shape index (κ3) is 3.90. The third-order valence-corrected chi connectivity index (χ3v) is 5.62. The molecule has 0 aliphatic carbocycles. The Morgan fingerprint density at radius 3 is 2.43 bits per heavy atom. The first kappa shape index (κ1) is 21.0. The number of amides is 2. The fourth-order valence-electron chi connectivity index (χ4n) is 4.00. The molecule has 2 amide bonds. The van der Waals surface area contributed by atoms with Gasteiger partial charge in [0.2, 0.25) is 6.79 Å². The first-order chi connectivity index (χ1) is 16.8. The molecule has 0 radical (unpaired) electrons. The summed E-state index contributed by atoms with van der Waals surface area (Å²) in [5.74, 6) is 0.480.